The monoisotopic (exact) mass is 402 g/mol. The van der Waals surface area contributed by atoms with E-state index in [4.69, 9.17) is 13.6 Å². The molecule has 1 rings (SSSR count). The zero-order chi connectivity index (χ0) is 19.8. The van der Waals surface area contributed by atoms with Crippen molar-refractivity contribution in [1.29, 1.82) is 0 Å². The Balaban J connectivity index is 1.75. The van der Waals surface area contributed by atoms with E-state index >= 15 is 0 Å². The summed E-state index contributed by atoms with van der Waals surface area (Å²) in [5, 5.41) is 0. The van der Waals surface area contributed by atoms with Gasteiger partial charge in [0.2, 0.25) is 0 Å². The van der Waals surface area contributed by atoms with Gasteiger partial charge in [-0.1, -0.05) is 103 Å². The molecule has 0 amide bonds. The summed E-state index contributed by atoms with van der Waals surface area (Å²) >= 11 is 0. The molecule has 0 N–H and O–H groups in total. The summed E-state index contributed by atoms with van der Waals surface area (Å²) in [6.07, 6.45) is 21.4. The average Bonchev–Trinajstić information content (AvgIpc) is 2.90. The second-order valence-corrected chi connectivity index (χ2v) is 9.40. The van der Waals surface area contributed by atoms with Gasteiger partial charge < -0.3 is 9.05 Å². The molecule has 1 heterocycles. The van der Waals surface area contributed by atoms with E-state index in [0.717, 1.165) is 12.8 Å². The summed E-state index contributed by atoms with van der Waals surface area (Å²) in [4.78, 5) is 0. The Labute approximate surface area is 168 Å². The first-order valence-electron chi connectivity index (χ1n) is 11.4. The van der Waals surface area contributed by atoms with Gasteiger partial charge in [-0.05, 0) is 20.3 Å². The quantitative estimate of drug-likeness (QED) is 0.170. The lowest BCUT2D eigenvalue weighted by molar-refractivity contribution is 0.188. The minimum Gasteiger partial charge on any atom is -0.396 e. The summed E-state index contributed by atoms with van der Waals surface area (Å²) < 4.78 is 27.8. The van der Waals surface area contributed by atoms with Gasteiger partial charge in [-0.25, -0.2) is 4.57 Å². The molecule has 0 aromatic heterocycles. The van der Waals surface area contributed by atoms with Crippen molar-refractivity contribution in [3.05, 3.63) is 11.5 Å². The number of rotatable bonds is 18. The van der Waals surface area contributed by atoms with Crippen molar-refractivity contribution in [2.75, 3.05) is 6.61 Å². The predicted molar refractivity (Wildman–Crippen MR) is 114 cm³/mol. The third kappa shape index (κ3) is 12.6. The molecule has 1 aliphatic rings. The minimum atomic E-state index is -3.35. The Hall–Kier alpha value is -0.470. The lowest BCUT2D eigenvalue weighted by Gasteiger charge is -2.10. The molecule has 0 aromatic rings. The van der Waals surface area contributed by atoms with Gasteiger partial charge in [-0.3, -0.25) is 4.52 Å². The predicted octanol–water partition coefficient (Wildman–Crippen LogP) is 8.67. The molecule has 0 saturated heterocycles. The summed E-state index contributed by atoms with van der Waals surface area (Å²) in [5.74, 6) is 1.12. The third-order valence-corrected chi connectivity index (χ3v) is 6.73. The molecule has 0 unspecified atom stereocenters. The summed E-state index contributed by atoms with van der Waals surface area (Å²) in [6.45, 7) is 6.20. The zero-order valence-corrected chi connectivity index (χ0v) is 19.0. The summed E-state index contributed by atoms with van der Waals surface area (Å²) in [6, 6.07) is 0. The van der Waals surface area contributed by atoms with Crippen LogP contribution in [0.1, 0.15) is 124 Å². The van der Waals surface area contributed by atoms with Crippen LogP contribution >= 0.6 is 7.82 Å². The van der Waals surface area contributed by atoms with Crippen LogP contribution in [0.3, 0.4) is 0 Å². The first-order chi connectivity index (χ1) is 13.1. The van der Waals surface area contributed by atoms with Gasteiger partial charge in [-0.15, -0.1) is 0 Å². The van der Waals surface area contributed by atoms with Crippen molar-refractivity contribution < 1.29 is 18.1 Å². The molecule has 0 atom stereocenters. The Morgan fingerprint density at radius 1 is 0.630 bits per heavy atom. The van der Waals surface area contributed by atoms with Gasteiger partial charge in [0, 0.05) is 0 Å². The smallest absolute Gasteiger partial charge is 0.396 e. The molecule has 1 aliphatic heterocycles. The van der Waals surface area contributed by atoms with Gasteiger partial charge in [0.05, 0.1) is 6.61 Å². The maximum absolute atomic E-state index is 12.1. The standard InChI is InChI=1S/C22H43O4P/c1-4-5-6-7-8-9-10-11-12-13-14-15-16-17-18-19-20-24-27(23)25-21(2)22(3)26-27/h4-20H2,1-3H3. The number of unbranched alkanes of at least 4 members (excludes halogenated alkanes) is 15. The van der Waals surface area contributed by atoms with Crippen LogP contribution in [0.2, 0.25) is 0 Å². The van der Waals surface area contributed by atoms with E-state index in [9.17, 15) is 4.57 Å². The fourth-order valence-corrected chi connectivity index (χ4v) is 4.79. The van der Waals surface area contributed by atoms with Gasteiger partial charge in [0.1, 0.15) is 11.5 Å². The second kappa shape index (κ2) is 15.5. The first-order valence-corrected chi connectivity index (χ1v) is 12.8. The maximum Gasteiger partial charge on any atom is 0.587 e. The molecular formula is C22H43O4P. The Bertz CT molecular complexity index is 430. The normalized spacial score (nSPS) is 15.8. The van der Waals surface area contributed by atoms with Crippen LogP contribution < -0.4 is 0 Å². The fraction of sp³-hybridized carbons (Fsp3) is 0.909. The number of phosphoric ester groups is 1. The van der Waals surface area contributed by atoms with Crippen LogP contribution in [0.4, 0.5) is 0 Å². The molecule has 4 nitrogen and oxygen atoms in total. The largest absolute Gasteiger partial charge is 0.587 e. The third-order valence-electron chi connectivity index (χ3n) is 5.24. The van der Waals surface area contributed by atoms with Gasteiger partial charge >= 0.3 is 7.82 Å². The number of allylic oxidation sites excluding steroid dienone is 2. The van der Waals surface area contributed by atoms with Crippen molar-refractivity contribution in [2.45, 2.75) is 124 Å². The molecule has 160 valence electrons. The summed E-state index contributed by atoms with van der Waals surface area (Å²) in [5.41, 5.74) is 0. The van der Waals surface area contributed by atoms with Crippen LogP contribution in [0.25, 0.3) is 0 Å². The molecule has 0 fully saturated rings. The van der Waals surface area contributed by atoms with Gasteiger partial charge in [0.25, 0.3) is 0 Å². The second-order valence-electron chi connectivity index (χ2n) is 7.88. The van der Waals surface area contributed by atoms with Gasteiger partial charge in [-0.2, -0.15) is 0 Å². The van der Waals surface area contributed by atoms with Crippen LogP contribution in [0.5, 0.6) is 0 Å². The van der Waals surface area contributed by atoms with Crippen molar-refractivity contribution in [2.24, 2.45) is 0 Å². The number of hydrogen-bond acceptors (Lipinski definition) is 4. The van der Waals surface area contributed by atoms with Crippen molar-refractivity contribution in [3.63, 3.8) is 0 Å². The molecule has 27 heavy (non-hydrogen) atoms. The molecule has 0 spiro atoms. The fourth-order valence-electron chi connectivity index (χ4n) is 3.36. The highest BCUT2D eigenvalue weighted by Gasteiger charge is 2.36. The van der Waals surface area contributed by atoms with Crippen LogP contribution in [-0.4, -0.2) is 6.61 Å². The van der Waals surface area contributed by atoms with E-state index in [-0.39, 0.29) is 0 Å². The molecular weight excluding hydrogens is 359 g/mol. The van der Waals surface area contributed by atoms with Crippen LogP contribution in [0.15, 0.2) is 11.5 Å². The lowest BCUT2D eigenvalue weighted by Crippen LogP contribution is -1.94. The zero-order valence-electron chi connectivity index (χ0n) is 18.1. The van der Waals surface area contributed by atoms with Crippen LogP contribution in [0, 0.1) is 0 Å². The Kier molecular flexibility index (Phi) is 14.1. The molecule has 5 heteroatoms. The number of hydrogen-bond donors (Lipinski definition) is 0. The van der Waals surface area contributed by atoms with E-state index in [1.807, 2.05) is 0 Å². The highest BCUT2D eigenvalue weighted by atomic mass is 31.2. The van der Waals surface area contributed by atoms with E-state index in [2.05, 4.69) is 6.92 Å². The molecule has 0 aromatic carbocycles. The Morgan fingerprint density at radius 3 is 1.33 bits per heavy atom. The van der Waals surface area contributed by atoms with Gasteiger partial charge in [0.15, 0.2) is 0 Å². The van der Waals surface area contributed by atoms with E-state index in [1.165, 1.54) is 89.9 Å². The topological polar surface area (TPSA) is 44.8 Å². The summed E-state index contributed by atoms with van der Waals surface area (Å²) in [7, 11) is -3.35. The van der Waals surface area contributed by atoms with E-state index in [1.54, 1.807) is 13.8 Å². The van der Waals surface area contributed by atoms with Crippen molar-refractivity contribution in [3.8, 4) is 0 Å². The van der Waals surface area contributed by atoms with Crippen molar-refractivity contribution >= 4 is 7.82 Å². The van der Waals surface area contributed by atoms with Crippen molar-refractivity contribution in [1.82, 2.24) is 0 Å². The molecule has 0 radical (unpaired) electrons. The maximum atomic E-state index is 12.1. The SMILES string of the molecule is CCCCCCCCCCCCCCCCCCOP1(=O)OC(C)=C(C)O1. The minimum absolute atomic E-state index is 0.441. The Morgan fingerprint density at radius 2 is 0.963 bits per heavy atom. The van der Waals surface area contributed by atoms with E-state index < -0.39 is 7.82 Å². The molecule has 0 saturated carbocycles. The number of phosphoric acid groups is 1. The highest BCUT2D eigenvalue weighted by molar-refractivity contribution is 7.49. The average molecular weight is 403 g/mol. The van der Waals surface area contributed by atoms with Crippen LogP contribution in [-0.2, 0) is 18.1 Å². The lowest BCUT2D eigenvalue weighted by atomic mass is 10.0. The van der Waals surface area contributed by atoms with E-state index in [0.29, 0.717) is 18.1 Å². The highest BCUT2D eigenvalue weighted by Crippen LogP contribution is 2.58. The first kappa shape index (κ1) is 24.6. The molecule has 0 bridgehead atoms. The molecule has 0 aliphatic carbocycles.